The molecule has 1 N–H and O–H groups in total. The van der Waals surface area contributed by atoms with E-state index < -0.39 is 18.3 Å². The van der Waals surface area contributed by atoms with E-state index in [1.807, 2.05) is 35.2 Å². The Morgan fingerprint density at radius 1 is 0.675 bits per heavy atom. The van der Waals surface area contributed by atoms with Gasteiger partial charge in [0.15, 0.2) is 18.9 Å². The molecular formula is C32H57N2O6+. The van der Waals surface area contributed by atoms with Crippen molar-refractivity contribution in [3.63, 3.8) is 0 Å². The molecule has 0 spiro atoms. The van der Waals surface area contributed by atoms with Crippen molar-refractivity contribution in [2.75, 3.05) is 33.5 Å². The maximum absolute atomic E-state index is 11.9. The fourth-order valence-corrected chi connectivity index (χ4v) is 4.53. The van der Waals surface area contributed by atoms with Crippen LogP contribution in [0, 0.1) is 0 Å². The van der Waals surface area contributed by atoms with E-state index in [0.29, 0.717) is 13.0 Å². The number of pyridine rings is 1. The Morgan fingerprint density at radius 3 is 1.77 bits per heavy atom. The Morgan fingerprint density at radius 2 is 1.23 bits per heavy atom. The van der Waals surface area contributed by atoms with Gasteiger partial charge in [0, 0.05) is 25.2 Å². The number of carbonyl (C=O) groups excluding carboxylic acids is 2. The Balaban J connectivity index is 1.98. The van der Waals surface area contributed by atoms with E-state index in [0.717, 1.165) is 19.4 Å². The van der Waals surface area contributed by atoms with Crippen molar-refractivity contribution < 1.29 is 33.1 Å². The summed E-state index contributed by atoms with van der Waals surface area (Å²) in [4.78, 5) is 23.6. The first-order valence-electron chi connectivity index (χ1n) is 15.8. The van der Waals surface area contributed by atoms with Gasteiger partial charge in [-0.15, -0.1) is 0 Å². The lowest BCUT2D eigenvalue weighted by molar-refractivity contribution is -0.697. The second-order valence-electron chi connectivity index (χ2n) is 10.6. The molecule has 230 valence electrons. The van der Waals surface area contributed by atoms with Gasteiger partial charge in [-0.05, 0) is 6.42 Å². The van der Waals surface area contributed by atoms with Crippen molar-refractivity contribution in [2.45, 2.75) is 129 Å². The summed E-state index contributed by atoms with van der Waals surface area (Å²) in [5, 5.41) is 2.65. The Kier molecular flexibility index (Phi) is 23.9. The number of carbonyl (C=O) groups is 2. The van der Waals surface area contributed by atoms with E-state index >= 15 is 0 Å². The van der Waals surface area contributed by atoms with Crippen LogP contribution in [0.25, 0.3) is 0 Å². The van der Waals surface area contributed by atoms with Gasteiger partial charge in [-0.1, -0.05) is 109 Å². The number of amides is 1. The third-order valence-corrected chi connectivity index (χ3v) is 6.93. The number of hydrogen-bond acceptors (Lipinski definition) is 6. The van der Waals surface area contributed by atoms with Crippen LogP contribution in [0.5, 0.6) is 0 Å². The van der Waals surface area contributed by atoms with E-state index in [9.17, 15) is 9.59 Å². The van der Waals surface area contributed by atoms with Gasteiger partial charge in [-0.25, -0.2) is 14.2 Å². The van der Waals surface area contributed by atoms with Crippen LogP contribution in [-0.4, -0.2) is 51.8 Å². The van der Waals surface area contributed by atoms with Crippen LogP contribution in [-0.2, 0) is 25.5 Å². The van der Waals surface area contributed by atoms with Gasteiger partial charge in [0.2, 0.25) is 0 Å². The summed E-state index contributed by atoms with van der Waals surface area (Å²) >= 11 is 0. The van der Waals surface area contributed by atoms with Gasteiger partial charge in [-0.3, -0.25) is 0 Å². The molecule has 1 rings (SSSR count). The minimum absolute atomic E-state index is 0.0413. The van der Waals surface area contributed by atoms with Crippen molar-refractivity contribution in [2.24, 2.45) is 0 Å². The fraction of sp³-hybridized carbons (Fsp3) is 0.781. The first kappa shape index (κ1) is 35.7. The second-order valence-corrected chi connectivity index (χ2v) is 10.6. The zero-order valence-electron chi connectivity index (χ0n) is 25.4. The highest BCUT2D eigenvalue weighted by Gasteiger charge is 2.16. The summed E-state index contributed by atoms with van der Waals surface area (Å²) < 4.78 is 22.7. The molecular weight excluding hydrogens is 508 g/mol. The number of nitrogens with zero attached hydrogens (tertiary/aromatic N) is 1. The lowest BCUT2D eigenvalue weighted by Crippen LogP contribution is -2.42. The SMILES string of the molecule is CCCCCCCCCCCCCCCCCCOCC(COC(=O)OCCC[n+]1ccccc1)NC(=O)OC. The van der Waals surface area contributed by atoms with Crippen LogP contribution < -0.4 is 9.88 Å². The summed E-state index contributed by atoms with van der Waals surface area (Å²) in [5.41, 5.74) is 0. The zero-order chi connectivity index (χ0) is 28.9. The van der Waals surface area contributed by atoms with Crippen molar-refractivity contribution in [3.05, 3.63) is 30.6 Å². The van der Waals surface area contributed by atoms with Crippen LogP contribution >= 0.6 is 0 Å². The topological polar surface area (TPSA) is 87.0 Å². The quantitative estimate of drug-likeness (QED) is 0.0710. The van der Waals surface area contributed by atoms with Gasteiger partial charge in [0.1, 0.15) is 13.2 Å². The van der Waals surface area contributed by atoms with E-state index in [1.54, 1.807) is 0 Å². The summed E-state index contributed by atoms with van der Waals surface area (Å²) in [6.07, 6.45) is 24.5. The molecule has 0 saturated heterocycles. The molecule has 0 aliphatic rings. The van der Waals surface area contributed by atoms with Crippen LogP contribution in [0.2, 0.25) is 0 Å². The molecule has 0 aromatic carbocycles. The lowest BCUT2D eigenvalue weighted by atomic mass is 10.0. The number of unbranched alkanes of at least 4 members (excludes halogenated alkanes) is 15. The number of aryl methyl sites for hydroxylation is 1. The first-order valence-corrected chi connectivity index (χ1v) is 15.8. The average Bonchev–Trinajstić information content (AvgIpc) is 2.97. The molecule has 0 saturated carbocycles. The highest BCUT2D eigenvalue weighted by atomic mass is 16.7. The fourth-order valence-electron chi connectivity index (χ4n) is 4.53. The van der Waals surface area contributed by atoms with Gasteiger partial charge in [0.25, 0.3) is 0 Å². The van der Waals surface area contributed by atoms with E-state index in [1.165, 1.54) is 97.0 Å². The highest BCUT2D eigenvalue weighted by molar-refractivity contribution is 5.67. The number of aromatic nitrogens is 1. The Bertz CT molecular complexity index is 719. The second kappa shape index (κ2) is 26.9. The molecule has 1 heterocycles. The minimum atomic E-state index is -0.757. The lowest BCUT2D eigenvalue weighted by Gasteiger charge is -2.18. The third-order valence-electron chi connectivity index (χ3n) is 6.93. The standard InChI is InChI=1S/C32H56N2O6/c1-3-4-5-6-7-8-9-10-11-12-13-14-15-16-17-21-26-38-28-30(33-31(35)37-2)29-40-32(36)39-27-22-25-34-23-19-18-20-24-34/h18-20,23-24,30H,3-17,21-22,25-29H2,1-2H3/p+1. The third kappa shape index (κ3) is 22.5. The molecule has 0 radical (unpaired) electrons. The first-order chi connectivity index (χ1) is 19.7. The summed E-state index contributed by atoms with van der Waals surface area (Å²) in [5.74, 6) is 0. The van der Waals surface area contributed by atoms with Crippen molar-refractivity contribution in [3.8, 4) is 0 Å². The molecule has 0 bridgehead atoms. The number of rotatable bonds is 26. The van der Waals surface area contributed by atoms with Gasteiger partial charge < -0.3 is 24.3 Å². The molecule has 1 atom stereocenters. The molecule has 1 unspecified atom stereocenters. The molecule has 0 aliphatic carbocycles. The van der Waals surface area contributed by atoms with E-state index in [2.05, 4.69) is 17.0 Å². The van der Waals surface area contributed by atoms with E-state index in [-0.39, 0.29) is 19.8 Å². The van der Waals surface area contributed by atoms with Crippen LogP contribution in [0.1, 0.15) is 116 Å². The molecule has 0 aliphatic heterocycles. The number of methoxy groups -OCH3 is 1. The Hall–Kier alpha value is -2.35. The number of nitrogens with one attached hydrogen (secondary N) is 1. The summed E-state index contributed by atoms with van der Waals surface area (Å²) in [7, 11) is 1.30. The largest absolute Gasteiger partial charge is 0.508 e. The molecule has 40 heavy (non-hydrogen) atoms. The molecule has 8 nitrogen and oxygen atoms in total. The smallest absolute Gasteiger partial charge is 0.453 e. The maximum Gasteiger partial charge on any atom is 0.508 e. The van der Waals surface area contributed by atoms with Crippen LogP contribution in [0.4, 0.5) is 9.59 Å². The summed E-state index contributed by atoms with van der Waals surface area (Å²) in [6, 6.07) is 5.35. The average molecular weight is 566 g/mol. The molecule has 1 aromatic rings. The van der Waals surface area contributed by atoms with Crippen LogP contribution in [0.3, 0.4) is 0 Å². The Labute approximate surface area is 243 Å². The van der Waals surface area contributed by atoms with Gasteiger partial charge in [0.05, 0.1) is 19.8 Å². The molecule has 8 heteroatoms. The number of alkyl carbamates (subject to hydrolysis) is 1. The van der Waals surface area contributed by atoms with Gasteiger partial charge >= 0.3 is 12.2 Å². The molecule has 1 aromatic heterocycles. The maximum atomic E-state index is 11.9. The van der Waals surface area contributed by atoms with Crippen molar-refractivity contribution in [1.82, 2.24) is 5.32 Å². The normalized spacial score (nSPS) is 11.7. The number of hydrogen-bond donors (Lipinski definition) is 1. The predicted molar refractivity (Wildman–Crippen MR) is 158 cm³/mol. The van der Waals surface area contributed by atoms with Crippen LogP contribution in [0.15, 0.2) is 30.6 Å². The molecule has 0 fully saturated rings. The molecule has 1 amide bonds. The summed E-state index contributed by atoms with van der Waals surface area (Å²) in [6.45, 7) is 4.08. The number of ether oxygens (including phenoxy) is 4. The highest BCUT2D eigenvalue weighted by Crippen LogP contribution is 2.13. The zero-order valence-corrected chi connectivity index (χ0v) is 25.4. The minimum Gasteiger partial charge on any atom is -0.453 e. The van der Waals surface area contributed by atoms with E-state index in [4.69, 9.17) is 14.2 Å². The van der Waals surface area contributed by atoms with Crippen molar-refractivity contribution >= 4 is 12.2 Å². The monoisotopic (exact) mass is 565 g/mol. The van der Waals surface area contributed by atoms with Crippen molar-refractivity contribution in [1.29, 1.82) is 0 Å². The van der Waals surface area contributed by atoms with Gasteiger partial charge in [-0.2, -0.15) is 0 Å². The predicted octanol–water partition coefficient (Wildman–Crippen LogP) is 7.52.